The Morgan fingerprint density at radius 1 is 0.581 bits per heavy atom. The van der Waals surface area contributed by atoms with Crippen LogP contribution in [0, 0.1) is 5.21 Å². The number of primary amides is 2. The van der Waals surface area contributed by atoms with E-state index in [4.69, 9.17) is 96.5 Å². The van der Waals surface area contributed by atoms with Gasteiger partial charge in [0.25, 0.3) is 17.7 Å². The molecule has 21 nitrogen and oxygen atoms in total. The highest BCUT2D eigenvalue weighted by atomic mass is 35.5. The fourth-order valence-electron chi connectivity index (χ4n) is 10.9. The smallest absolute Gasteiger partial charge is 0.275 e. The first-order valence-electron chi connectivity index (χ1n) is 26.5. The van der Waals surface area contributed by atoms with Crippen LogP contribution in [0.2, 0.25) is 20.1 Å². The average molecular weight is 1250 g/mol. The van der Waals surface area contributed by atoms with Gasteiger partial charge in [0.15, 0.2) is 23.8 Å². The minimum atomic E-state index is -0.751. The largest absolute Gasteiger partial charge is 0.619 e. The topological polar surface area (TPSA) is 258 Å². The van der Waals surface area contributed by atoms with Gasteiger partial charge in [-0.2, -0.15) is 14.9 Å². The predicted molar refractivity (Wildman–Crippen MR) is 323 cm³/mol. The highest BCUT2D eigenvalue weighted by molar-refractivity contribution is 6.35. The number of hydrogen-bond donors (Lipinski definition) is 2. The van der Waals surface area contributed by atoms with Crippen LogP contribution in [-0.2, 0) is 22.7 Å². The van der Waals surface area contributed by atoms with Crippen molar-refractivity contribution < 1.29 is 52.3 Å². The molecule has 4 N–H and O–H groups in total. The van der Waals surface area contributed by atoms with Crippen molar-refractivity contribution in [1.29, 1.82) is 0 Å². The zero-order valence-corrected chi connectivity index (χ0v) is 49.7. The molecular formula is C61H58Cl4N10O11. The van der Waals surface area contributed by atoms with E-state index in [2.05, 4.69) is 4.98 Å². The van der Waals surface area contributed by atoms with Crippen molar-refractivity contribution in [3.05, 3.63) is 157 Å². The Morgan fingerprint density at radius 2 is 1.01 bits per heavy atom. The molecule has 446 valence electrons. The van der Waals surface area contributed by atoms with Crippen molar-refractivity contribution >= 4 is 70.0 Å². The Hall–Kier alpha value is -8.44. The van der Waals surface area contributed by atoms with Gasteiger partial charge < -0.3 is 54.9 Å². The van der Waals surface area contributed by atoms with Crippen LogP contribution in [0.1, 0.15) is 87.9 Å². The first-order valence-corrected chi connectivity index (χ1v) is 28.0. The maximum absolute atomic E-state index is 14.1. The summed E-state index contributed by atoms with van der Waals surface area (Å²) in [7, 11) is 3.03. The standard InChI is InChI=1S/C30H27Cl2N5O6.C30H27Cl2N5O5.CH4/c1-30(2)15-42-5-4-36(30)29(39)26-23-14-43-25-11-24(41-3)21(16-6-17(28(33)38)13-35(40)12-16)10-22(25)27(23)37(34-26)20-8-18(31)7-19(32)9-20;1-30(2)15-41-5-4-36(30)29(39)26-23-14-42-25-11-24(40-3)21(16-6-17(28(33)38)13-34-12-16)10-22(25)27(23)37(35-26)20-8-18(31)7-19(32)9-20;/h6-13H,4-5,14-15H2,1-3H3,(H2,33,38);6-13H,4-5,14-15H2,1-3H3,(H2,33,38);1H4. The molecule has 86 heavy (non-hydrogen) atoms. The number of halogens is 4. The Bertz CT molecular complexity index is 4030. The number of benzene rings is 4. The van der Waals surface area contributed by atoms with Crippen molar-refractivity contribution in [3.8, 4) is 79.1 Å². The molecule has 0 bridgehead atoms. The van der Waals surface area contributed by atoms with Crippen molar-refractivity contribution in [1.82, 2.24) is 34.3 Å². The highest BCUT2D eigenvalue weighted by Gasteiger charge is 2.42. The molecule has 0 saturated carbocycles. The molecule has 2 saturated heterocycles. The number of hydrogen-bond acceptors (Lipinski definition) is 14. The molecule has 12 rings (SSSR count). The van der Waals surface area contributed by atoms with Gasteiger partial charge in [0, 0.05) is 96.7 Å². The Morgan fingerprint density at radius 3 is 1.43 bits per heavy atom. The second-order valence-electron chi connectivity index (χ2n) is 21.6. The van der Waals surface area contributed by atoms with Crippen molar-refractivity contribution in [3.63, 3.8) is 0 Å². The summed E-state index contributed by atoms with van der Waals surface area (Å²) in [4.78, 5) is 59.7. The van der Waals surface area contributed by atoms with Gasteiger partial charge in [0.1, 0.15) is 41.8 Å². The lowest BCUT2D eigenvalue weighted by Crippen LogP contribution is -2.55. The zero-order chi connectivity index (χ0) is 60.4. The third-order valence-electron chi connectivity index (χ3n) is 15.0. The first-order chi connectivity index (χ1) is 40.5. The van der Waals surface area contributed by atoms with E-state index in [-0.39, 0.29) is 55.0 Å². The molecule has 25 heteroatoms. The molecule has 0 spiro atoms. The summed E-state index contributed by atoms with van der Waals surface area (Å²) in [5.41, 5.74) is 17.6. The molecule has 4 aliphatic heterocycles. The number of aromatic nitrogens is 6. The van der Waals surface area contributed by atoms with Crippen LogP contribution >= 0.6 is 46.4 Å². The van der Waals surface area contributed by atoms with Gasteiger partial charge in [0.2, 0.25) is 5.91 Å². The van der Waals surface area contributed by atoms with Crippen molar-refractivity contribution in [2.24, 2.45) is 11.5 Å². The predicted octanol–water partition coefficient (Wildman–Crippen LogP) is 10.2. The zero-order valence-electron chi connectivity index (χ0n) is 46.6. The van der Waals surface area contributed by atoms with Gasteiger partial charge in [-0.25, -0.2) is 9.36 Å². The summed E-state index contributed by atoms with van der Waals surface area (Å²) in [5.74, 6) is 0.0487. The lowest BCUT2D eigenvalue weighted by atomic mass is 9.95. The minimum absolute atomic E-state index is 0. The Kier molecular flexibility index (Phi) is 16.8. The van der Waals surface area contributed by atoms with Crippen molar-refractivity contribution in [2.75, 3.05) is 53.7 Å². The number of rotatable bonds is 10. The monoisotopic (exact) mass is 1250 g/mol. The van der Waals surface area contributed by atoms with Gasteiger partial charge in [-0.15, -0.1) is 0 Å². The number of morpholine rings is 2. The minimum Gasteiger partial charge on any atom is -0.619 e. The molecule has 2 fully saturated rings. The molecule has 8 aromatic rings. The molecule has 8 heterocycles. The quantitative estimate of drug-likeness (QED) is 0.0954. The van der Waals surface area contributed by atoms with Crippen LogP contribution in [-0.4, -0.2) is 123 Å². The maximum atomic E-state index is 14.1. The third kappa shape index (κ3) is 11.4. The van der Waals surface area contributed by atoms with E-state index in [0.29, 0.717) is 155 Å². The number of nitrogens with two attached hydrogens (primary N) is 2. The number of amides is 4. The lowest BCUT2D eigenvalue weighted by molar-refractivity contribution is -0.604. The van der Waals surface area contributed by atoms with Crippen LogP contribution in [0.3, 0.4) is 0 Å². The molecule has 4 aromatic carbocycles. The fourth-order valence-corrected chi connectivity index (χ4v) is 11.9. The van der Waals surface area contributed by atoms with E-state index < -0.39 is 22.9 Å². The van der Waals surface area contributed by atoms with E-state index in [0.717, 1.165) is 6.20 Å². The summed E-state index contributed by atoms with van der Waals surface area (Å²) in [6.45, 7) is 10.4. The van der Waals surface area contributed by atoms with Crippen LogP contribution < -0.4 is 35.1 Å². The molecule has 4 aromatic heterocycles. The second-order valence-corrected chi connectivity index (χ2v) is 23.4. The maximum Gasteiger partial charge on any atom is 0.275 e. The number of pyridine rings is 2. The molecular weight excluding hydrogens is 1190 g/mol. The SMILES string of the molecule is C.COc1cc2c(cc1-c1cc(C(N)=O)c[n+]([O-])c1)-c1c(c(C(=O)N3CCOCC3(C)C)nn1-c1cc(Cl)cc(Cl)c1)CO2.COc1cc2c(cc1-c1cncc(C(N)=O)c1)-c1c(c(C(=O)N3CCOCC3(C)C)nn1-c1cc(Cl)cc(Cl)c1)CO2. The van der Waals surface area contributed by atoms with Crippen LogP contribution in [0.25, 0.3) is 56.1 Å². The first kappa shape index (κ1) is 60.7. The number of fused-ring (bicyclic) bond motifs is 6. The molecule has 0 aliphatic carbocycles. The number of nitrogens with zero attached hydrogens (tertiary/aromatic N) is 8. The van der Waals surface area contributed by atoms with Crippen LogP contribution in [0.15, 0.2) is 97.6 Å². The normalized spacial score (nSPS) is 15.2. The summed E-state index contributed by atoms with van der Waals surface area (Å²) in [6.07, 6.45) is 5.43. The number of ether oxygens (including phenoxy) is 6. The summed E-state index contributed by atoms with van der Waals surface area (Å²) >= 11 is 25.6. The molecule has 0 unspecified atom stereocenters. The summed E-state index contributed by atoms with van der Waals surface area (Å²) in [5, 5.41) is 23.7. The summed E-state index contributed by atoms with van der Waals surface area (Å²) < 4.78 is 38.8. The van der Waals surface area contributed by atoms with Crippen LogP contribution in [0.5, 0.6) is 23.0 Å². The molecule has 0 radical (unpaired) electrons. The molecule has 0 atom stereocenters. The van der Waals surface area contributed by atoms with Gasteiger partial charge in [0.05, 0.1) is 85.6 Å². The lowest BCUT2D eigenvalue weighted by Gasteiger charge is -2.41. The van der Waals surface area contributed by atoms with E-state index >= 15 is 0 Å². The van der Waals surface area contributed by atoms with E-state index in [1.165, 1.54) is 25.6 Å². The molecule has 4 amide bonds. The van der Waals surface area contributed by atoms with Gasteiger partial charge in [-0.05, 0) is 88.4 Å². The second kappa shape index (κ2) is 23.8. The van der Waals surface area contributed by atoms with E-state index in [9.17, 15) is 24.4 Å². The third-order valence-corrected chi connectivity index (χ3v) is 15.8. The van der Waals surface area contributed by atoms with E-state index in [1.54, 1.807) is 93.1 Å². The number of carbonyl (C=O) groups excluding carboxylic acids is 4. The fraction of sp³-hybridized carbons (Fsp3) is 0.279. The average Bonchev–Trinajstić information content (AvgIpc) is 1.57. The Balaban J connectivity index is 0.000000189. The Labute approximate surface area is 514 Å². The van der Waals surface area contributed by atoms with Crippen molar-refractivity contribution in [2.45, 2.75) is 59.4 Å². The van der Waals surface area contributed by atoms with Gasteiger partial charge in [-0.1, -0.05) is 53.8 Å². The van der Waals surface area contributed by atoms with Crippen LogP contribution in [0.4, 0.5) is 0 Å². The number of carbonyl (C=O) groups is 4. The highest BCUT2D eigenvalue weighted by Crippen LogP contribution is 2.49. The van der Waals surface area contributed by atoms with Gasteiger partial charge >= 0.3 is 0 Å². The van der Waals surface area contributed by atoms with Gasteiger partial charge in [-0.3, -0.25) is 24.2 Å². The molecule has 4 aliphatic rings. The van der Waals surface area contributed by atoms with E-state index in [1.807, 2.05) is 33.8 Å². The number of methoxy groups -OCH3 is 2. The summed E-state index contributed by atoms with van der Waals surface area (Å²) in [6, 6.07) is 20.3.